The van der Waals surface area contributed by atoms with Gasteiger partial charge in [-0.05, 0) is 49.9 Å². The van der Waals surface area contributed by atoms with Gasteiger partial charge in [-0.3, -0.25) is 4.79 Å². The predicted molar refractivity (Wildman–Crippen MR) is 129 cm³/mol. The van der Waals surface area contributed by atoms with Gasteiger partial charge in [0.2, 0.25) is 27.7 Å². The smallest absolute Gasteiger partial charge is 0.247 e. The highest BCUT2D eigenvalue weighted by Crippen LogP contribution is 2.21. The van der Waals surface area contributed by atoms with Crippen molar-refractivity contribution in [3.8, 4) is 11.5 Å². The molecule has 2 heterocycles. The van der Waals surface area contributed by atoms with Crippen LogP contribution in [-0.2, 0) is 21.2 Å². The van der Waals surface area contributed by atoms with Gasteiger partial charge >= 0.3 is 0 Å². The van der Waals surface area contributed by atoms with E-state index < -0.39 is 10.0 Å². The Morgan fingerprint density at radius 3 is 2.32 bits per heavy atom. The second kappa shape index (κ2) is 10.5. The molecule has 0 bridgehead atoms. The maximum Gasteiger partial charge on any atom is 0.247 e. The molecular weight excluding hydrogens is 454 g/mol. The molecule has 0 atom stereocenters. The molecule has 1 fully saturated rings. The number of piperazine rings is 1. The summed E-state index contributed by atoms with van der Waals surface area (Å²) in [6.45, 7) is 7.42. The molecule has 10 heteroatoms. The van der Waals surface area contributed by atoms with Crippen molar-refractivity contribution in [1.82, 2.24) is 19.4 Å². The van der Waals surface area contributed by atoms with E-state index in [-0.39, 0.29) is 17.2 Å². The Morgan fingerprint density at radius 2 is 1.68 bits per heavy atom. The van der Waals surface area contributed by atoms with Gasteiger partial charge in [-0.25, -0.2) is 8.42 Å². The number of benzene rings is 2. The molecule has 3 aromatic rings. The number of sulfonamides is 1. The van der Waals surface area contributed by atoms with Crippen LogP contribution in [0.25, 0.3) is 11.5 Å². The molecule has 9 nitrogen and oxygen atoms in total. The number of carbonyl (C=O) groups is 1. The highest BCUT2D eigenvalue weighted by Gasteiger charge is 2.27. The van der Waals surface area contributed by atoms with Gasteiger partial charge in [0.05, 0.1) is 4.90 Å². The molecule has 1 aliphatic rings. The van der Waals surface area contributed by atoms with Crippen LogP contribution in [0.3, 0.4) is 0 Å². The highest BCUT2D eigenvalue weighted by atomic mass is 32.2. The third-order valence-corrected chi connectivity index (χ3v) is 7.80. The Balaban J connectivity index is 1.30. The number of aryl methyl sites for hydroxylation is 2. The number of hydrogen-bond donors (Lipinski definition) is 1. The number of nitrogens with zero attached hydrogens (tertiary/aromatic N) is 4. The van der Waals surface area contributed by atoms with E-state index in [0.29, 0.717) is 37.0 Å². The van der Waals surface area contributed by atoms with Gasteiger partial charge in [0, 0.05) is 50.3 Å². The molecule has 0 radical (unpaired) electrons. The normalized spacial score (nSPS) is 15.4. The first kappa shape index (κ1) is 24.1. The minimum absolute atomic E-state index is 0.164. The van der Waals surface area contributed by atoms with Crippen LogP contribution in [0.5, 0.6) is 0 Å². The van der Waals surface area contributed by atoms with Crippen molar-refractivity contribution in [1.29, 1.82) is 0 Å². The number of anilines is 1. The first-order valence-corrected chi connectivity index (χ1v) is 12.8. The predicted octanol–water partition coefficient (Wildman–Crippen LogP) is 2.94. The van der Waals surface area contributed by atoms with E-state index in [0.717, 1.165) is 30.8 Å². The number of nitrogens with one attached hydrogen (secondary N) is 1. The summed E-state index contributed by atoms with van der Waals surface area (Å²) in [6, 6.07) is 14.0. The van der Waals surface area contributed by atoms with Crippen molar-refractivity contribution < 1.29 is 17.6 Å². The molecule has 34 heavy (non-hydrogen) atoms. The van der Waals surface area contributed by atoms with Gasteiger partial charge in [-0.1, -0.05) is 24.6 Å². The SMILES string of the molecule is CCN1CCN(S(=O)(=O)c2ccc(NC(=O)CCc3nnc(-c4ccc(C)cc4)o3)cc2)CC1. The highest BCUT2D eigenvalue weighted by molar-refractivity contribution is 7.89. The van der Waals surface area contributed by atoms with Gasteiger partial charge in [0.15, 0.2) is 0 Å². The van der Waals surface area contributed by atoms with Gasteiger partial charge in [0.1, 0.15) is 0 Å². The van der Waals surface area contributed by atoms with Crippen molar-refractivity contribution in [2.24, 2.45) is 0 Å². The second-order valence-electron chi connectivity index (χ2n) is 8.28. The maximum atomic E-state index is 12.9. The lowest BCUT2D eigenvalue weighted by Crippen LogP contribution is -2.48. The summed E-state index contributed by atoms with van der Waals surface area (Å²) in [5.41, 5.74) is 2.50. The molecule has 2 aromatic carbocycles. The van der Waals surface area contributed by atoms with Crippen molar-refractivity contribution in [3.63, 3.8) is 0 Å². The molecule has 1 N–H and O–H groups in total. The lowest BCUT2D eigenvalue weighted by molar-refractivity contribution is -0.116. The third kappa shape index (κ3) is 5.69. The van der Waals surface area contributed by atoms with Crippen LogP contribution < -0.4 is 5.32 Å². The summed E-state index contributed by atoms with van der Waals surface area (Å²) in [7, 11) is -3.54. The fourth-order valence-electron chi connectivity index (χ4n) is 3.76. The summed E-state index contributed by atoms with van der Waals surface area (Å²) in [4.78, 5) is 14.8. The minimum atomic E-state index is -3.54. The summed E-state index contributed by atoms with van der Waals surface area (Å²) in [5, 5.41) is 10.8. The Hall–Kier alpha value is -3.08. The molecule has 1 aromatic heterocycles. The second-order valence-corrected chi connectivity index (χ2v) is 10.2. The van der Waals surface area contributed by atoms with E-state index in [1.807, 2.05) is 31.2 Å². The number of aromatic nitrogens is 2. The fraction of sp³-hybridized carbons (Fsp3) is 0.375. The molecule has 0 saturated carbocycles. The van der Waals surface area contributed by atoms with Crippen molar-refractivity contribution in [3.05, 3.63) is 60.0 Å². The van der Waals surface area contributed by atoms with Gasteiger partial charge in [-0.15, -0.1) is 10.2 Å². The Labute approximate surface area is 199 Å². The molecular formula is C24H29N5O4S. The molecule has 1 saturated heterocycles. The third-order valence-electron chi connectivity index (χ3n) is 5.89. The van der Waals surface area contributed by atoms with Gasteiger partial charge in [0.25, 0.3) is 0 Å². The number of amides is 1. The quantitative estimate of drug-likeness (QED) is 0.525. The monoisotopic (exact) mass is 483 g/mol. The molecule has 4 rings (SSSR count). The van der Waals surface area contributed by atoms with E-state index >= 15 is 0 Å². The summed E-state index contributed by atoms with van der Waals surface area (Å²) < 4.78 is 33.0. The van der Waals surface area contributed by atoms with Crippen LogP contribution in [0.1, 0.15) is 24.8 Å². The van der Waals surface area contributed by atoms with E-state index in [4.69, 9.17) is 4.42 Å². The van der Waals surface area contributed by atoms with E-state index in [1.165, 1.54) is 16.4 Å². The van der Waals surface area contributed by atoms with E-state index in [2.05, 4.69) is 27.3 Å². The number of hydrogen-bond acceptors (Lipinski definition) is 7. The van der Waals surface area contributed by atoms with Gasteiger partial charge < -0.3 is 14.6 Å². The van der Waals surface area contributed by atoms with Crippen LogP contribution in [0.2, 0.25) is 0 Å². The Morgan fingerprint density at radius 1 is 1.00 bits per heavy atom. The van der Waals surface area contributed by atoms with Gasteiger partial charge in [-0.2, -0.15) is 4.31 Å². The largest absolute Gasteiger partial charge is 0.421 e. The van der Waals surface area contributed by atoms with E-state index in [9.17, 15) is 13.2 Å². The maximum absolute atomic E-state index is 12.9. The van der Waals surface area contributed by atoms with Crippen LogP contribution in [0, 0.1) is 6.92 Å². The van der Waals surface area contributed by atoms with Crippen molar-refractivity contribution >= 4 is 21.6 Å². The lowest BCUT2D eigenvalue weighted by Gasteiger charge is -2.33. The van der Waals surface area contributed by atoms with Crippen molar-refractivity contribution in [2.45, 2.75) is 31.6 Å². The topological polar surface area (TPSA) is 109 Å². The zero-order valence-electron chi connectivity index (χ0n) is 19.4. The summed E-state index contributed by atoms with van der Waals surface area (Å²) >= 11 is 0. The molecule has 0 spiro atoms. The summed E-state index contributed by atoms with van der Waals surface area (Å²) in [5.74, 6) is 0.583. The first-order chi connectivity index (χ1) is 16.3. The molecule has 1 amide bonds. The van der Waals surface area contributed by atoms with Crippen LogP contribution in [0.4, 0.5) is 5.69 Å². The Kier molecular flexibility index (Phi) is 7.40. The van der Waals surface area contributed by atoms with Crippen LogP contribution in [-0.4, -0.2) is 66.5 Å². The number of carbonyl (C=O) groups excluding carboxylic acids is 1. The molecule has 1 aliphatic heterocycles. The molecule has 180 valence electrons. The average Bonchev–Trinajstić information content (AvgIpc) is 3.33. The summed E-state index contributed by atoms with van der Waals surface area (Å²) in [6.07, 6.45) is 0.470. The standard InChI is InChI=1S/C24H29N5O4S/c1-3-28-14-16-29(17-15-28)34(31,32)21-10-8-20(9-11-21)25-22(30)12-13-23-26-27-24(33-23)19-6-4-18(2)5-7-19/h4-11H,3,12-17H2,1-2H3,(H,25,30). The zero-order chi connectivity index (χ0) is 24.1. The van der Waals surface area contributed by atoms with Crippen molar-refractivity contribution in [2.75, 3.05) is 38.0 Å². The van der Waals surface area contributed by atoms with E-state index in [1.54, 1.807) is 12.1 Å². The number of likely N-dealkylation sites (N-methyl/N-ethyl adjacent to an activating group) is 1. The molecule has 0 aliphatic carbocycles. The number of rotatable bonds is 8. The zero-order valence-corrected chi connectivity index (χ0v) is 20.2. The average molecular weight is 484 g/mol. The van der Waals surface area contributed by atoms with Crippen LogP contribution >= 0.6 is 0 Å². The minimum Gasteiger partial charge on any atom is -0.421 e. The lowest BCUT2D eigenvalue weighted by atomic mass is 10.1. The Bertz CT molecular complexity index is 1220. The molecule has 0 unspecified atom stereocenters. The van der Waals surface area contributed by atoms with Crippen LogP contribution in [0.15, 0.2) is 57.8 Å². The first-order valence-electron chi connectivity index (χ1n) is 11.4. The fourth-order valence-corrected chi connectivity index (χ4v) is 5.18.